The second kappa shape index (κ2) is 6.53. The number of nitrogens with zero attached hydrogens (tertiary/aromatic N) is 1. The monoisotopic (exact) mass is 413 g/mol. The summed E-state index contributed by atoms with van der Waals surface area (Å²) in [5.41, 5.74) is 4.10. The summed E-state index contributed by atoms with van der Waals surface area (Å²) in [6, 6.07) is 2.70. The van der Waals surface area contributed by atoms with Crippen molar-refractivity contribution in [1.82, 2.24) is 0 Å². The molecule has 1 heterocycles. The molecule has 4 aliphatic carbocycles. The molecule has 1 saturated heterocycles. The standard InChI is InChI=1S/C24H35NO3Si/c1-22-10-7-19-18-8-12-24(26-13-14-27-24)15-17(18)5-6-20(19)21(22)9-11-23(22,16-25)28-29(2,3)4/h7,20-21H,5-6,8-15H2,1-4H3/t20-,21+,22+,23+/m1/s1. The van der Waals surface area contributed by atoms with Crippen LogP contribution in [0.4, 0.5) is 0 Å². The van der Waals surface area contributed by atoms with Gasteiger partial charge in [0.25, 0.3) is 0 Å². The van der Waals surface area contributed by atoms with Gasteiger partial charge in [-0.05, 0) is 81.1 Å². The molecule has 4 atom stereocenters. The lowest BCUT2D eigenvalue weighted by Gasteiger charge is -2.51. The van der Waals surface area contributed by atoms with Crippen molar-refractivity contribution in [2.24, 2.45) is 17.3 Å². The minimum atomic E-state index is -1.81. The predicted molar refractivity (Wildman–Crippen MR) is 115 cm³/mol. The molecule has 1 saturated carbocycles. The van der Waals surface area contributed by atoms with Crippen LogP contribution in [0.3, 0.4) is 0 Å². The quantitative estimate of drug-likeness (QED) is 0.563. The van der Waals surface area contributed by atoms with E-state index in [1.165, 1.54) is 6.42 Å². The van der Waals surface area contributed by atoms with Crippen LogP contribution < -0.4 is 0 Å². The summed E-state index contributed by atoms with van der Waals surface area (Å²) in [5, 5.41) is 10.3. The molecule has 29 heavy (non-hydrogen) atoms. The van der Waals surface area contributed by atoms with Crippen molar-refractivity contribution in [2.45, 2.75) is 89.3 Å². The maximum absolute atomic E-state index is 10.3. The predicted octanol–water partition coefficient (Wildman–Crippen LogP) is 5.48. The highest BCUT2D eigenvalue weighted by molar-refractivity contribution is 6.69. The Kier molecular flexibility index (Phi) is 4.50. The molecule has 0 bridgehead atoms. The van der Waals surface area contributed by atoms with E-state index >= 15 is 0 Å². The van der Waals surface area contributed by atoms with E-state index in [1.807, 2.05) is 0 Å². The van der Waals surface area contributed by atoms with Gasteiger partial charge in [0.15, 0.2) is 14.1 Å². The van der Waals surface area contributed by atoms with Crippen molar-refractivity contribution in [3.8, 4) is 6.07 Å². The van der Waals surface area contributed by atoms with Crippen LogP contribution in [0.2, 0.25) is 19.6 Å². The Balaban J connectivity index is 1.47. The van der Waals surface area contributed by atoms with Gasteiger partial charge in [0.2, 0.25) is 0 Å². The van der Waals surface area contributed by atoms with E-state index in [1.54, 1.807) is 16.7 Å². The first-order chi connectivity index (χ1) is 13.7. The molecule has 2 fully saturated rings. The fourth-order valence-electron chi connectivity index (χ4n) is 7.19. The van der Waals surface area contributed by atoms with Crippen molar-refractivity contribution in [1.29, 1.82) is 5.26 Å². The second-order valence-electron chi connectivity index (χ2n) is 11.1. The van der Waals surface area contributed by atoms with E-state index < -0.39 is 13.9 Å². The van der Waals surface area contributed by atoms with Crippen molar-refractivity contribution in [3.05, 3.63) is 22.8 Å². The average molecular weight is 414 g/mol. The number of allylic oxidation sites excluding steroid dienone is 3. The molecule has 4 nitrogen and oxygen atoms in total. The molecule has 5 rings (SSSR count). The molecule has 1 aliphatic heterocycles. The van der Waals surface area contributed by atoms with Crippen LogP contribution >= 0.6 is 0 Å². The van der Waals surface area contributed by atoms with Gasteiger partial charge in [-0.25, -0.2) is 0 Å². The molecule has 0 aromatic carbocycles. The third-order valence-corrected chi connectivity index (χ3v) is 9.39. The largest absolute Gasteiger partial charge is 0.399 e. The fraction of sp³-hybridized carbons (Fsp3) is 0.792. The normalized spacial score (nSPS) is 40.9. The van der Waals surface area contributed by atoms with E-state index in [2.05, 4.69) is 38.7 Å². The van der Waals surface area contributed by atoms with Gasteiger partial charge in [-0.2, -0.15) is 5.26 Å². The summed E-state index contributed by atoms with van der Waals surface area (Å²) in [7, 11) is -1.81. The van der Waals surface area contributed by atoms with Crippen LogP contribution in [-0.4, -0.2) is 32.9 Å². The second-order valence-corrected chi connectivity index (χ2v) is 15.5. The molecule has 1 spiro atoms. The third-order valence-electron chi connectivity index (χ3n) is 8.43. The lowest BCUT2D eigenvalue weighted by molar-refractivity contribution is -0.164. The van der Waals surface area contributed by atoms with Crippen LogP contribution in [0.15, 0.2) is 22.8 Å². The third kappa shape index (κ3) is 2.94. The number of nitriles is 1. The Morgan fingerprint density at radius 1 is 1.14 bits per heavy atom. The van der Waals surface area contributed by atoms with Gasteiger partial charge >= 0.3 is 0 Å². The highest BCUT2D eigenvalue weighted by atomic mass is 28.4. The molecule has 0 radical (unpaired) electrons. The topological polar surface area (TPSA) is 51.5 Å². The van der Waals surface area contributed by atoms with Crippen LogP contribution in [-0.2, 0) is 13.9 Å². The Morgan fingerprint density at radius 3 is 2.59 bits per heavy atom. The minimum Gasteiger partial charge on any atom is -0.399 e. The van der Waals surface area contributed by atoms with Gasteiger partial charge in [-0.1, -0.05) is 18.6 Å². The zero-order valence-electron chi connectivity index (χ0n) is 18.5. The van der Waals surface area contributed by atoms with Crippen molar-refractivity contribution < 1.29 is 13.9 Å². The molecule has 5 heteroatoms. The maximum Gasteiger partial charge on any atom is 0.185 e. The van der Waals surface area contributed by atoms with Crippen LogP contribution in [0.25, 0.3) is 0 Å². The summed E-state index contributed by atoms with van der Waals surface area (Å²) < 4.78 is 18.7. The Labute approximate surface area is 176 Å². The average Bonchev–Trinajstić information content (AvgIpc) is 3.23. The SMILES string of the molecule is C[C@]12CC=C3C4=C(CC[C@H]3[C@@H]1CC[C@@]2(C#N)O[Si](C)(C)C)CC1(CC4)OCCO1. The summed E-state index contributed by atoms with van der Waals surface area (Å²) in [6.45, 7) is 10.5. The molecular weight excluding hydrogens is 378 g/mol. The van der Waals surface area contributed by atoms with E-state index in [4.69, 9.17) is 13.9 Å². The first-order valence-corrected chi connectivity index (χ1v) is 14.9. The minimum absolute atomic E-state index is 0.0676. The number of hydrogen-bond donors (Lipinski definition) is 0. The Bertz CT molecular complexity index is 813. The maximum atomic E-state index is 10.3. The number of ether oxygens (including phenoxy) is 2. The number of hydrogen-bond acceptors (Lipinski definition) is 4. The fourth-order valence-corrected chi connectivity index (χ4v) is 8.61. The summed E-state index contributed by atoms with van der Waals surface area (Å²) in [5.74, 6) is 0.819. The lowest BCUT2D eigenvalue weighted by Crippen LogP contribution is -2.53. The smallest absolute Gasteiger partial charge is 0.185 e. The van der Waals surface area contributed by atoms with E-state index in [0.717, 1.165) is 58.2 Å². The zero-order valence-corrected chi connectivity index (χ0v) is 19.5. The van der Waals surface area contributed by atoms with Crippen molar-refractivity contribution in [3.63, 3.8) is 0 Å². The number of rotatable bonds is 2. The summed E-state index contributed by atoms with van der Waals surface area (Å²) in [4.78, 5) is 0. The lowest BCUT2D eigenvalue weighted by atomic mass is 9.56. The highest BCUT2D eigenvalue weighted by Crippen LogP contribution is 2.64. The van der Waals surface area contributed by atoms with Gasteiger partial charge in [-0.3, -0.25) is 0 Å². The molecule has 0 amide bonds. The molecule has 0 N–H and O–H groups in total. The van der Waals surface area contributed by atoms with Gasteiger partial charge in [0, 0.05) is 18.3 Å². The molecule has 0 aromatic rings. The summed E-state index contributed by atoms with van der Waals surface area (Å²) >= 11 is 0. The van der Waals surface area contributed by atoms with E-state index in [-0.39, 0.29) is 11.2 Å². The van der Waals surface area contributed by atoms with Gasteiger partial charge in [0.05, 0.1) is 19.3 Å². The van der Waals surface area contributed by atoms with E-state index in [9.17, 15) is 5.26 Å². The molecular formula is C24H35NO3Si. The van der Waals surface area contributed by atoms with Gasteiger partial charge in [0.1, 0.15) is 5.60 Å². The Hall–Kier alpha value is -0.933. The first kappa shape index (κ1) is 20.0. The van der Waals surface area contributed by atoms with Crippen LogP contribution in [0.5, 0.6) is 0 Å². The zero-order chi connectivity index (χ0) is 20.5. The molecule has 0 unspecified atom stereocenters. The van der Waals surface area contributed by atoms with E-state index in [0.29, 0.717) is 11.8 Å². The number of fused-ring (bicyclic) bond motifs is 4. The Morgan fingerprint density at radius 2 is 1.90 bits per heavy atom. The van der Waals surface area contributed by atoms with Gasteiger partial charge in [-0.15, -0.1) is 0 Å². The van der Waals surface area contributed by atoms with Crippen LogP contribution in [0.1, 0.15) is 58.3 Å². The molecule has 158 valence electrons. The first-order valence-electron chi connectivity index (χ1n) is 11.5. The summed E-state index contributed by atoms with van der Waals surface area (Å²) in [6.07, 6.45) is 10.9. The molecule has 0 aromatic heterocycles. The van der Waals surface area contributed by atoms with Crippen molar-refractivity contribution in [2.75, 3.05) is 13.2 Å². The van der Waals surface area contributed by atoms with Crippen molar-refractivity contribution >= 4 is 8.32 Å². The molecule has 5 aliphatic rings. The van der Waals surface area contributed by atoms with Gasteiger partial charge < -0.3 is 13.9 Å². The highest BCUT2D eigenvalue weighted by Gasteiger charge is 2.63. The van der Waals surface area contributed by atoms with Crippen LogP contribution in [0, 0.1) is 28.6 Å².